The number of ketones is 3. The number of carbonyl (C=O) groups excluding carboxylic acids is 5. The third-order valence-electron chi connectivity index (χ3n) is 11.2. The molecule has 0 radical (unpaired) electrons. The summed E-state index contributed by atoms with van der Waals surface area (Å²) in [5.74, 6) is -10.3. The fraction of sp³-hybridized carbons (Fsp3) is 0.575. The Morgan fingerprint density at radius 1 is 0.772 bits per heavy atom. The molecule has 14 atom stereocenters. The van der Waals surface area contributed by atoms with Gasteiger partial charge in [-0.05, 0) is 27.7 Å². The number of hydrogen-bond donors (Lipinski definition) is 9. The number of aliphatic hydroxyl groups is 7. The van der Waals surface area contributed by atoms with Crippen molar-refractivity contribution in [3.63, 3.8) is 0 Å². The van der Waals surface area contributed by atoms with E-state index in [4.69, 9.17) is 14.2 Å². The molecule has 1 aliphatic carbocycles. The van der Waals surface area contributed by atoms with Crippen LogP contribution in [0.15, 0.2) is 35.6 Å². The zero-order chi connectivity index (χ0) is 43.0. The second-order valence-corrected chi connectivity index (χ2v) is 15.4. The number of Topliss-reactive ketones (excluding diaryl/α,β-unsaturated/α-hetero) is 2. The summed E-state index contributed by atoms with van der Waals surface area (Å²) in [7, 11) is 0. The number of rotatable bonds is 4. The van der Waals surface area contributed by atoms with Crippen LogP contribution in [0.25, 0.3) is 0 Å². The molecule has 1 fully saturated rings. The van der Waals surface area contributed by atoms with E-state index < -0.39 is 154 Å². The van der Waals surface area contributed by atoms with Crippen LogP contribution in [0, 0.1) is 30.6 Å². The van der Waals surface area contributed by atoms with Gasteiger partial charge in [-0.25, -0.2) is 4.79 Å². The first kappa shape index (κ1) is 45.4. The Morgan fingerprint density at radius 3 is 1.95 bits per heavy atom. The highest BCUT2D eigenvalue weighted by molar-refractivity contribution is 6.29. The molecule has 314 valence electrons. The molecule has 0 spiro atoms. The lowest BCUT2D eigenvalue weighted by molar-refractivity contribution is -0.268. The minimum atomic E-state index is -1.96. The van der Waals surface area contributed by atoms with E-state index in [0.717, 1.165) is 6.92 Å². The van der Waals surface area contributed by atoms with Crippen molar-refractivity contribution < 1.29 is 79.0 Å². The monoisotopic (exact) mass is 803 g/mol. The highest BCUT2D eigenvalue weighted by atomic mass is 16.7. The highest BCUT2D eigenvalue weighted by Crippen LogP contribution is 2.43. The van der Waals surface area contributed by atoms with Crippen LogP contribution < -0.4 is 10.1 Å². The van der Waals surface area contributed by atoms with Crippen molar-refractivity contribution >= 4 is 29.2 Å². The Hall–Kier alpha value is -4.33. The smallest absolute Gasteiger partial charge is 0.343 e. The molecule has 57 heavy (non-hydrogen) atoms. The molecule has 1 aromatic carbocycles. The molecule has 0 saturated carbocycles. The van der Waals surface area contributed by atoms with Gasteiger partial charge in [0.1, 0.15) is 47.3 Å². The molecule has 0 aromatic heterocycles. The van der Waals surface area contributed by atoms with Crippen molar-refractivity contribution in [1.82, 2.24) is 5.32 Å². The molecular formula is C40H53NO16. The molecular weight excluding hydrogens is 750 g/mol. The highest BCUT2D eigenvalue weighted by Gasteiger charge is 2.46. The van der Waals surface area contributed by atoms with Gasteiger partial charge < -0.3 is 60.4 Å². The van der Waals surface area contributed by atoms with Gasteiger partial charge in [-0.1, -0.05) is 45.9 Å². The van der Waals surface area contributed by atoms with Gasteiger partial charge in [-0.15, -0.1) is 0 Å². The first-order valence-corrected chi connectivity index (χ1v) is 18.7. The number of phenolic OH excluding ortho intramolecular Hbond substituents is 1. The number of nitrogens with one attached hydrogen (secondary N) is 1. The molecule has 4 aliphatic rings. The quantitative estimate of drug-likeness (QED) is 0.185. The molecule has 1 amide bonds. The summed E-state index contributed by atoms with van der Waals surface area (Å²) in [6.45, 7) is 11.1. The number of aromatic hydroxyl groups is 1. The summed E-state index contributed by atoms with van der Waals surface area (Å²) < 4.78 is 17.1. The van der Waals surface area contributed by atoms with Crippen molar-refractivity contribution in [1.29, 1.82) is 0 Å². The van der Waals surface area contributed by atoms with Crippen LogP contribution in [-0.2, 0) is 19.1 Å². The summed E-state index contributed by atoms with van der Waals surface area (Å²) in [5.41, 5.74) is -3.27. The normalized spacial score (nSPS) is 37.5. The van der Waals surface area contributed by atoms with Gasteiger partial charge in [-0.3, -0.25) is 19.2 Å². The van der Waals surface area contributed by atoms with E-state index in [0.29, 0.717) is 6.08 Å². The van der Waals surface area contributed by atoms with Gasteiger partial charge in [0.25, 0.3) is 5.91 Å². The fourth-order valence-electron chi connectivity index (χ4n) is 7.25. The van der Waals surface area contributed by atoms with Gasteiger partial charge >= 0.3 is 5.97 Å². The fourth-order valence-corrected chi connectivity index (χ4v) is 7.25. The van der Waals surface area contributed by atoms with E-state index in [-0.39, 0.29) is 11.1 Å². The van der Waals surface area contributed by atoms with Gasteiger partial charge in [0.2, 0.25) is 12.1 Å². The van der Waals surface area contributed by atoms with Crippen molar-refractivity contribution in [2.45, 2.75) is 123 Å². The van der Waals surface area contributed by atoms with Crippen LogP contribution in [0.3, 0.4) is 0 Å². The van der Waals surface area contributed by atoms with Gasteiger partial charge in [0.15, 0.2) is 5.78 Å². The van der Waals surface area contributed by atoms with Crippen LogP contribution in [-0.4, -0.2) is 131 Å². The van der Waals surface area contributed by atoms with Crippen LogP contribution in [0.2, 0.25) is 0 Å². The largest absolute Gasteiger partial charge is 0.507 e. The number of phenols is 1. The number of carbonyl (C=O) groups is 5. The minimum Gasteiger partial charge on any atom is -0.507 e. The van der Waals surface area contributed by atoms with Crippen molar-refractivity contribution in [3.8, 4) is 11.5 Å². The molecule has 17 heteroatoms. The van der Waals surface area contributed by atoms with E-state index in [9.17, 15) is 64.8 Å². The maximum absolute atomic E-state index is 14.4. The Labute approximate surface area is 329 Å². The van der Waals surface area contributed by atoms with Gasteiger partial charge in [-0.2, -0.15) is 0 Å². The molecule has 0 unspecified atom stereocenters. The van der Waals surface area contributed by atoms with Gasteiger partial charge in [0.05, 0.1) is 47.3 Å². The predicted octanol–water partition coefficient (Wildman–Crippen LogP) is 0.295. The molecule has 1 saturated heterocycles. The molecule has 5 rings (SSSR count). The van der Waals surface area contributed by atoms with E-state index >= 15 is 0 Å². The number of benzene rings is 1. The maximum atomic E-state index is 14.4. The minimum absolute atomic E-state index is 0.0527. The Balaban J connectivity index is 1.95. The number of hydrogen-bond acceptors (Lipinski definition) is 16. The maximum Gasteiger partial charge on any atom is 0.343 e. The number of fused-ring (bicyclic) bond motifs is 15. The molecule has 3 aliphatic heterocycles. The lowest BCUT2D eigenvalue weighted by Crippen LogP contribution is -2.58. The van der Waals surface area contributed by atoms with Crippen molar-refractivity contribution in [2.75, 3.05) is 0 Å². The summed E-state index contributed by atoms with van der Waals surface area (Å²) in [4.78, 5) is 68.1. The number of allylic oxidation sites excluding steroid dienone is 4. The number of amides is 1. The van der Waals surface area contributed by atoms with Crippen LogP contribution >= 0.6 is 0 Å². The van der Waals surface area contributed by atoms with E-state index in [1.165, 1.54) is 46.8 Å². The number of esters is 1. The average Bonchev–Trinajstić information content (AvgIpc) is 3.16. The lowest BCUT2D eigenvalue weighted by Gasteiger charge is -2.39. The Bertz CT molecular complexity index is 1850. The third kappa shape index (κ3) is 9.21. The first-order chi connectivity index (χ1) is 26.5. The molecule has 4 bridgehead atoms. The van der Waals surface area contributed by atoms with Crippen LogP contribution in [0.5, 0.6) is 11.5 Å². The van der Waals surface area contributed by atoms with Gasteiger partial charge in [0, 0.05) is 47.3 Å². The standard InChI is InChI=1S/C40H53NO16/c1-14-10-9-11-15(2)38(53)41-22-13-23(43)25-26(34(22)50)32(48)20(7)37(57-40-36(52)35(51)33(49)21(8)55-40)27(25)39(54)56-24(12-16(3)42)31(47)19(6)30(46)18(5)29(45)17(4)28(14)44/h9-11,13-14,17-19,21,24,28-31,33,35-36,40,44-49,51-52H,12H2,1-8H3,(H,41,53)/b10-9-,15-11-/t14-,17+,18+,19-,21-,24-,28-,29+,30-,31+,33-,35+,36+,40-/m0/s1. The SMILES string of the molecule is CC(=O)C[C@@H]1OC(=O)c2c(O[C@@H]3O[C@@H](C)[C@H](O)[C@@H](O)[C@H]3O)c(C)c(O)c3c2C(=O)C=C(NC(=O)/C(C)=C\C=C/[C@H](C)[C@H](O)[C@@H](C)[C@@H](O)[C@@H](C)[C@H](O)[C@H](C)[C@H]1O)C3=O. The Kier molecular flexibility index (Phi) is 14.4. The van der Waals surface area contributed by atoms with Crippen molar-refractivity contribution in [3.05, 3.63) is 57.8 Å². The van der Waals surface area contributed by atoms with E-state index in [2.05, 4.69) is 5.32 Å². The Morgan fingerprint density at radius 2 is 1.35 bits per heavy atom. The topological polar surface area (TPSA) is 287 Å². The summed E-state index contributed by atoms with van der Waals surface area (Å²) in [5, 5.41) is 90.5. The lowest BCUT2D eigenvalue weighted by atomic mass is 9.77. The zero-order valence-corrected chi connectivity index (χ0v) is 32.9. The number of ether oxygens (including phenoxy) is 3. The summed E-state index contributed by atoms with van der Waals surface area (Å²) >= 11 is 0. The zero-order valence-electron chi connectivity index (χ0n) is 32.9. The van der Waals surface area contributed by atoms with Crippen molar-refractivity contribution in [2.24, 2.45) is 23.7 Å². The second-order valence-electron chi connectivity index (χ2n) is 15.4. The first-order valence-electron chi connectivity index (χ1n) is 18.7. The second kappa shape index (κ2) is 18.1. The average molecular weight is 804 g/mol. The van der Waals surface area contributed by atoms with Crippen LogP contribution in [0.4, 0.5) is 0 Å². The van der Waals surface area contributed by atoms with E-state index in [1.54, 1.807) is 19.9 Å². The molecule has 17 nitrogen and oxygen atoms in total. The predicted molar refractivity (Wildman–Crippen MR) is 199 cm³/mol. The molecule has 1 aromatic rings. The third-order valence-corrected chi connectivity index (χ3v) is 11.2. The van der Waals surface area contributed by atoms with Crippen LogP contribution in [0.1, 0.15) is 91.5 Å². The van der Waals surface area contributed by atoms with E-state index in [1.807, 2.05) is 0 Å². The molecule has 3 heterocycles. The summed E-state index contributed by atoms with van der Waals surface area (Å²) in [6.07, 6.45) is -11.4. The summed E-state index contributed by atoms with van der Waals surface area (Å²) in [6, 6.07) is 0. The number of aliphatic hydroxyl groups excluding tert-OH is 7. The molecule has 9 N–H and O–H groups in total.